The fourth-order valence-corrected chi connectivity index (χ4v) is 2.25. The van der Waals surface area contributed by atoms with Crippen molar-refractivity contribution in [2.75, 3.05) is 16.0 Å². The molecule has 0 fully saturated rings. The molecule has 0 atom stereocenters. The number of benzene rings is 3. The van der Waals surface area contributed by atoms with E-state index in [9.17, 15) is 14.7 Å². The minimum atomic E-state index is -0.790. The van der Waals surface area contributed by atoms with Crippen LogP contribution in [0.3, 0.4) is 0 Å². The van der Waals surface area contributed by atoms with Crippen molar-refractivity contribution in [3.63, 3.8) is 0 Å². The maximum Gasteiger partial charge on any atom is 0.314 e. The Bertz CT molecular complexity index is 892. The molecule has 4 N–H and O–H groups in total. The van der Waals surface area contributed by atoms with E-state index in [0.717, 1.165) is 11.4 Å². The van der Waals surface area contributed by atoms with E-state index >= 15 is 0 Å². The number of nitrogens with one attached hydrogen (secondary N) is 3. The molecule has 3 aromatic rings. The van der Waals surface area contributed by atoms with E-state index < -0.39 is 11.8 Å². The van der Waals surface area contributed by atoms with Crippen molar-refractivity contribution in [3.8, 4) is 5.75 Å². The van der Waals surface area contributed by atoms with Crippen LogP contribution in [0.15, 0.2) is 78.9 Å². The first-order valence-electron chi connectivity index (χ1n) is 7.94. The van der Waals surface area contributed by atoms with Crippen LogP contribution in [0.4, 0.5) is 22.7 Å². The molecule has 0 aliphatic heterocycles. The highest BCUT2D eigenvalue weighted by Crippen LogP contribution is 2.19. The van der Waals surface area contributed by atoms with Crippen LogP contribution in [0.2, 0.25) is 0 Å². The maximum atomic E-state index is 12.0. The van der Waals surface area contributed by atoms with Crippen molar-refractivity contribution in [1.82, 2.24) is 0 Å². The number of aromatic hydroxyl groups is 1. The first-order valence-corrected chi connectivity index (χ1v) is 7.94. The zero-order valence-corrected chi connectivity index (χ0v) is 13.8. The molecule has 0 aliphatic carbocycles. The van der Waals surface area contributed by atoms with E-state index in [0.29, 0.717) is 11.4 Å². The number of phenolic OH excluding ortho intramolecular Hbond substituents is 1. The zero-order valence-electron chi connectivity index (χ0n) is 13.8. The van der Waals surface area contributed by atoms with E-state index in [1.54, 1.807) is 24.3 Å². The van der Waals surface area contributed by atoms with E-state index in [1.165, 1.54) is 24.3 Å². The summed E-state index contributed by atoms with van der Waals surface area (Å²) < 4.78 is 0. The van der Waals surface area contributed by atoms with Crippen molar-refractivity contribution in [1.29, 1.82) is 0 Å². The summed E-state index contributed by atoms with van der Waals surface area (Å²) in [5, 5.41) is 17.4. The minimum absolute atomic E-state index is 0.0802. The Labute approximate surface area is 150 Å². The molecule has 3 aromatic carbocycles. The average molecular weight is 347 g/mol. The second-order valence-corrected chi connectivity index (χ2v) is 5.52. The third-order valence-corrected chi connectivity index (χ3v) is 3.54. The molecule has 0 bridgehead atoms. The zero-order chi connectivity index (χ0) is 18.4. The Morgan fingerprint density at radius 3 is 1.54 bits per heavy atom. The predicted octanol–water partition coefficient (Wildman–Crippen LogP) is 3.71. The van der Waals surface area contributed by atoms with E-state index in [4.69, 9.17) is 0 Å². The highest BCUT2D eigenvalue weighted by atomic mass is 16.3. The van der Waals surface area contributed by atoms with Crippen molar-refractivity contribution in [2.24, 2.45) is 0 Å². The number of anilines is 4. The second kappa shape index (κ2) is 7.85. The summed E-state index contributed by atoms with van der Waals surface area (Å²) in [7, 11) is 0. The number of amides is 2. The highest BCUT2D eigenvalue weighted by molar-refractivity contribution is 6.43. The Hall–Kier alpha value is -3.80. The van der Waals surface area contributed by atoms with Crippen molar-refractivity contribution >= 4 is 34.6 Å². The summed E-state index contributed by atoms with van der Waals surface area (Å²) in [4.78, 5) is 23.9. The number of para-hydroxylation sites is 1. The van der Waals surface area contributed by atoms with Gasteiger partial charge in [0.05, 0.1) is 0 Å². The quantitative estimate of drug-likeness (QED) is 0.428. The lowest BCUT2D eigenvalue weighted by Gasteiger charge is -2.09. The highest BCUT2D eigenvalue weighted by Gasteiger charge is 2.14. The number of carbonyl (C=O) groups is 2. The fourth-order valence-electron chi connectivity index (χ4n) is 2.25. The van der Waals surface area contributed by atoms with Crippen LogP contribution < -0.4 is 16.0 Å². The molecule has 2 amide bonds. The van der Waals surface area contributed by atoms with Gasteiger partial charge in [0.25, 0.3) is 0 Å². The van der Waals surface area contributed by atoms with Crippen LogP contribution in [0, 0.1) is 0 Å². The van der Waals surface area contributed by atoms with Gasteiger partial charge in [0.1, 0.15) is 5.75 Å². The maximum absolute atomic E-state index is 12.0. The predicted molar refractivity (Wildman–Crippen MR) is 102 cm³/mol. The number of phenols is 1. The van der Waals surface area contributed by atoms with Crippen molar-refractivity contribution in [2.45, 2.75) is 0 Å². The topological polar surface area (TPSA) is 90.5 Å². The van der Waals surface area contributed by atoms with Gasteiger partial charge >= 0.3 is 11.8 Å². The number of hydrogen-bond acceptors (Lipinski definition) is 4. The molecule has 0 heterocycles. The third-order valence-electron chi connectivity index (χ3n) is 3.54. The average Bonchev–Trinajstić information content (AvgIpc) is 2.66. The second-order valence-electron chi connectivity index (χ2n) is 5.52. The lowest BCUT2D eigenvalue weighted by Crippen LogP contribution is -2.29. The molecule has 0 aromatic heterocycles. The fraction of sp³-hybridized carbons (Fsp3) is 0. The molecule has 0 saturated carbocycles. The normalized spacial score (nSPS) is 10.0. The molecule has 0 saturated heterocycles. The monoisotopic (exact) mass is 347 g/mol. The lowest BCUT2D eigenvalue weighted by atomic mass is 10.2. The van der Waals surface area contributed by atoms with Crippen molar-refractivity contribution in [3.05, 3.63) is 78.9 Å². The number of rotatable bonds is 4. The summed E-state index contributed by atoms with van der Waals surface area (Å²) in [6, 6.07) is 22.6. The molecule has 3 rings (SSSR count). The smallest absolute Gasteiger partial charge is 0.314 e. The number of carbonyl (C=O) groups excluding carboxylic acids is 2. The molecule has 0 aliphatic rings. The molecular formula is C20H17N3O3. The largest absolute Gasteiger partial charge is 0.508 e. The van der Waals surface area contributed by atoms with E-state index in [2.05, 4.69) is 16.0 Å². The Balaban J connectivity index is 1.57. The van der Waals surface area contributed by atoms with Gasteiger partial charge in [0.15, 0.2) is 0 Å². The number of hydrogen-bond donors (Lipinski definition) is 4. The van der Waals surface area contributed by atoms with Crippen LogP contribution in [0.1, 0.15) is 0 Å². The standard InChI is InChI=1S/C20H17N3O3/c24-18-12-10-17(11-13-18)23-20(26)19(25)22-16-8-6-15(7-9-16)21-14-4-2-1-3-5-14/h1-13,21,24H,(H,22,25)(H,23,26). The van der Waals surface area contributed by atoms with Gasteiger partial charge in [-0.05, 0) is 60.7 Å². The molecule has 26 heavy (non-hydrogen) atoms. The Morgan fingerprint density at radius 2 is 1.00 bits per heavy atom. The molecule has 6 heteroatoms. The van der Waals surface area contributed by atoms with Crippen LogP contribution in [0.25, 0.3) is 0 Å². The Morgan fingerprint density at radius 1 is 0.577 bits per heavy atom. The lowest BCUT2D eigenvalue weighted by molar-refractivity contribution is -0.132. The Kier molecular flexibility index (Phi) is 5.14. The SMILES string of the molecule is O=C(Nc1ccc(O)cc1)C(=O)Nc1ccc(Nc2ccccc2)cc1. The molecule has 130 valence electrons. The van der Waals surface area contributed by atoms with Crippen LogP contribution >= 0.6 is 0 Å². The summed E-state index contributed by atoms with van der Waals surface area (Å²) in [6.45, 7) is 0. The third kappa shape index (κ3) is 4.61. The summed E-state index contributed by atoms with van der Waals surface area (Å²) in [5.74, 6) is -1.49. The molecular weight excluding hydrogens is 330 g/mol. The first-order chi connectivity index (χ1) is 12.6. The van der Waals surface area contributed by atoms with Gasteiger partial charge in [0, 0.05) is 22.7 Å². The first kappa shape index (κ1) is 17.0. The summed E-state index contributed by atoms with van der Waals surface area (Å²) >= 11 is 0. The van der Waals surface area contributed by atoms with Crippen molar-refractivity contribution < 1.29 is 14.7 Å². The van der Waals surface area contributed by atoms with Gasteiger partial charge in [-0.1, -0.05) is 18.2 Å². The molecule has 0 unspecified atom stereocenters. The molecule has 6 nitrogen and oxygen atoms in total. The van der Waals surface area contributed by atoms with Crippen LogP contribution in [0.5, 0.6) is 5.75 Å². The van der Waals surface area contributed by atoms with Gasteiger partial charge in [-0.2, -0.15) is 0 Å². The van der Waals surface area contributed by atoms with Gasteiger partial charge in [0.2, 0.25) is 0 Å². The summed E-state index contributed by atoms with van der Waals surface area (Å²) in [5.41, 5.74) is 2.75. The molecule has 0 radical (unpaired) electrons. The van der Waals surface area contributed by atoms with Gasteiger partial charge < -0.3 is 21.1 Å². The van der Waals surface area contributed by atoms with Crippen LogP contribution in [-0.2, 0) is 9.59 Å². The molecule has 0 spiro atoms. The minimum Gasteiger partial charge on any atom is -0.508 e. The van der Waals surface area contributed by atoms with Gasteiger partial charge in [-0.25, -0.2) is 0 Å². The van der Waals surface area contributed by atoms with Gasteiger partial charge in [-0.3, -0.25) is 9.59 Å². The summed E-state index contributed by atoms with van der Waals surface area (Å²) in [6.07, 6.45) is 0. The van der Waals surface area contributed by atoms with Gasteiger partial charge in [-0.15, -0.1) is 0 Å². The van der Waals surface area contributed by atoms with E-state index in [-0.39, 0.29) is 5.75 Å². The van der Waals surface area contributed by atoms with E-state index in [1.807, 2.05) is 30.3 Å². The van der Waals surface area contributed by atoms with Crippen LogP contribution in [-0.4, -0.2) is 16.9 Å².